The molecule has 0 radical (unpaired) electrons. The van der Waals surface area contributed by atoms with Gasteiger partial charge in [-0.05, 0) is 50.6 Å². The zero-order chi connectivity index (χ0) is 17.8. The number of rotatable bonds is 6. The fourth-order valence-corrected chi connectivity index (χ4v) is 4.34. The van der Waals surface area contributed by atoms with E-state index in [9.17, 15) is 4.79 Å². The van der Waals surface area contributed by atoms with Crippen LogP contribution >= 0.6 is 11.3 Å². The number of carbonyl (C=O) groups is 1. The van der Waals surface area contributed by atoms with Crippen molar-refractivity contribution >= 4 is 22.3 Å². The summed E-state index contributed by atoms with van der Waals surface area (Å²) in [7, 11) is 1.64. The lowest BCUT2D eigenvalue weighted by molar-refractivity contribution is 0.0529. The minimum atomic E-state index is -0.352. The number of esters is 1. The van der Waals surface area contributed by atoms with Crippen LogP contribution in [0.25, 0.3) is 11.1 Å². The lowest BCUT2D eigenvalue weighted by Crippen LogP contribution is -2.18. The van der Waals surface area contributed by atoms with Gasteiger partial charge in [0.25, 0.3) is 0 Å². The number of thiophene rings is 1. The average molecular weight is 360 g/mol. The van der Waals surface area contributed by atoms with Gasteiger partial charge in [0.1, 0.15) is 16.3 Å². The van der Waals surface area contributed by atoms with Crippen molar-refractivity contribution in [1.29, 1.82) is 0 Å². The number of nitrogen functional groups attached to an aromatic ring is 1. The van der Waals surface area contributed by atoms with Gasteiger partial charge in [-0.1, -0.05) is 12.1 Å². The molecule has 1 fully saturated rings. The van der Waals surface area contributed by atoms with Crippen LogP contribution in [0.3, 0.4) is 0 Å². The third-order valence-corrected chi connectivity index (χ3v) is 5.44. The normalized spacial score (nSPS) is 14.6. The molecule has 6 heteroatoms. The molecule has 1 aromatic carbocycles. The summed E-state index contributed by atoms with van der Waals surface area (Å²) in [5.41, 5.74) is 8.57. The Hall–Kier alpha value is -2.05. The molecule has 2 aromatic rings. The number of ether oxygens (including phenoxy) is 2. The van der Waals surface area contributed by atoms with Gasteiger partial charge < -0.3 is 15.2 Å². The Morgan fingerprint density at radius 1 is 1.24 bits per heavy atom. The maximum absolute atomic E-state index is 12.5. The highest BCUT2D eigenvalue weighted by Gasteiger charge is 2.26. The van der Waals surface area contributed by atoms with E-state index in [1.54, 1.807) is 14.0 Å². The first kappa shape index (κ1) is 17.8. The van der Waals surface area contributed by atoms with Crippen molar-refractivity contribution in [2.45, 2.75) is 26.3 Å². The highest BCUT2D eigenvalue weighted by Crippen LogP contribution is 2.40. The van der Waals surface area contributed by atoms with Crippen molar-refractivity contribution < 1.29 is 14.3 Å². The highest BCUT2D eigenvalue weighted by molar-refractivity contribution is 7.17. The Balaban J connectivity index is 2.04. The van der Waals surface area contributed by atoms with Crippen molar-refractivity contribution in [3.63, 3.8) is 0 Å². The lowest BCUT2D eigenvalue weighted by atomic mass is 10.0. The number of benzene rings is 1. The van der Waals surface area contributed by atoms with E-state index in [0.717, 1.165) is 41.4 Å². The molecule has 0 aliphatic carbocycles. The van der Waals surface area contributed by atoms with E-state index >= 15 is 0 Å². The molecule has 1 aliphatic heterocycles. The fraction of sp³-hybridized carbons (Fsp3) is 0.421. The smallest absolute Gasteiger partial charge is 0.341 e. The van der Waals surface area contributed by atoms with Crippen molar-refractivity contribution in [2.75, 3.05) is 32.5 Å². The third-order valence-electron chi connectivity index (χ3n) is 4.43. The van der Waals surface area contributed by atoms with Gasteiger partial charge >= 0.3 is 5.97 Å². The molecule has 1 aliphatic rings. The predicted octanol–water partition coefficient (Wildman–Crippen LogP) is 3.78. The van der Waals surface area contributed by atoms with Crippen LogP contribution in [0.2, 0.25) is 0 Å². The molecule has 0 bridgehead atoms. The Labute approximate surface area is 152 Å². The monoisotopic (exact) mass is 360 g/mol. The number of carbonyl (C=O) groups excluding carboxylic acids is 1. The predicted molar refractivity (Wildman–Crippen MR) is 101 cm³/mol. The summed E-state index contributed by atoms with van der Waals surface area (Å²) < 4.78 is 10.5. The Morgan fingerprint density at radius 3 is 2.52 bits per heavy atom. The molecule has 0 spiro atoms. The van der Waals surface area contributed by atoms with Gasteiger partial charge in [-0.3, -0.25) is 4.90 Å². The molecule has 3 rings (SSSR count). The second-order valence-electron chi connectivity index (χ2n) is 6.07. The quantitative estimate of drug-likeness (QED) is 0.794. The Bertz CT molecular complexity index is 734. The summed E-state index contributed by atoms with van der Waals surface area (Å²) >= 11 is 1.49. The zero-order valence-corrected chi connectivity index (χ0v) is 15.5. The standard InChI is InChI=1S/C19H24N2O3S/c1-3-24-19(22)17-16(13-6-8-14(23-2)9-7-13)15(25-18(17)20)12-21-10-4-5-11-21/h6-9H,3-5,10-12,20H2,1-2H3. The number of likely N-dealkylation sites (tertiary alicyclic amines) is 1. The molecule has 0 unspecified atom stereocenters. The van der Waals surface area contributed by atoms with Gasteiger partial charge in [0.15, 0.2) is 0 Å². The van der Waals surface area contributed by atoms with E-state index in [2.05, 4.69) is 4.90 Å². The van der Waals surface area contributed by atoms with Crippen LogP contribution in [-0.2, 0) is 11.3 Å². The molecule has 1 aromatic heterocycles. The summed E-state index contributed by atoms with van der Waals surface area (Å²) in [6, 6.07) is 7.74. The maximum atomic E-state index is 12.5. The first-order chi connectivity index (χ1) is 12.1. The Morgan fingerprint density at radius 2 is 1.92 bits per heavy atom. The molecule has 0 saturated carbocycles. The van der Waals surface area contributed by atoms with E-state index < -0.39 is 0 Å². The largest absolute Gasteiger partial charge is 0.497 e. The van der Waals surface area contributed by atoms with E-state index in [4.69, 9.17) is 15.2 Å². The van der Waals surface area contributed by atoms with Crippen LogP contribution in [0, 0.1) is 0 Å². The average Bonchev–Trinajstić information content (AvgIpc) is 3.23. The molecule has 2 heterocycles. The number of methoxy groups -OCH3 is 1. The van der Waals surface area contributed by atoms with E-state index in [1.165, 1.54) is 24.2 Å². The van der Waals surface area contributed by atoms with Crippen LogP contribution in [0.1, 0.15) is 35.0 Å². The minimum absolute atomic E-state index is 0.331. The number of hydrogen-bond donors (Lipinski definition) is 1. The van der Waals surface area contributed by atoms with E-state index in [-0.39, 0.29) is 5.97 Å². The van der Waals surface area contributed by atoms with Crippen molar-refractivity contribution in [3.05, 3.63) is 34.7 Å². The SMILES string of the molecule is CCOC(=O)c1c(N)sc(CN2CCCC2)c1-c1ccc(OC)cc1. The van der Waals surface area contributed by atoms with Crippen LogP contribution < -0.4 is 10.5 Å². The summed E-state index contributed by atoms with van der Waals surface area (Å²) in [4.78, 5) is 16.0. The topological polar surface area (TPSA) is 64.8 Å². The molecule has 1 saturated heterocycles. The molecule has 2 N–H and O–H groups in total. The molecule has 0 amide bonds. The molecular weight excluding hydrogens is 336 g/mol. The molecule has 0 atom stereocenters. The van der Waals surface area contributed by atoms with Gasteiger partial charge in [-0.25, -0.2) is 4.79 Å². The van der Waals surface area contributed by atoms with Gasteiger partial charge in [0.05, 0.1) is 13.7 Å². The molecular formula is C19H24N2O3S. The summed E-state index contributed by atoms with van der Waals surface area (Å²) in [5.74, 6) is 0.431. The molecule has 25 heavy (non-hydrogen) atoms. The number of hydrogen-bond acceptors (Lipinski definition) is 6. The number of anilines is 1. The second-order valence-corrected chi connectivity index (χ2v) is 7.21. The third kappa shape index (κ3) is 3.80. The van der Waals surface area contributed by atoms with Crippen molar-refractivity contribution in [1.82, 2.24) is 4.90 Å². The van der Waals surface area contributed by atoms with E-state index in [0.29, 0.717) is 17.2 Å². The van der Waals surface area contributed by atoms with Crippen LogP contribution in [0.4, 0.5) is 5.00 Å². The van der Waals surface area contributed by atoms with Gasteiger partial charge in [0.2, 0.25) is 0 Å². The van der Waals surface area contributed by atoms with Crippen molar-refractivity contribution in [2.24, 2.45) is 0 Å². The number of nitrogens with zero attached hydrogens (tertiary/aromatic N) is 1. The summed E-state index contributed by atoms with van der Waals surface area (Å²) in [5, 5.41) is 0.526. The highest BCUT2D eigenvalue weighted by atomic mass is 32.1. The van der Waals surface area contributed by atoms with Crippen LogP contribution in [-0.4, -0.2) is 37.7 Å². The summed E-state index contributed by atoms with van der Waals surface area (Å²) in [6.45, 7) is 5.13. The van der Waals surface area contributed by atoms with Crippen LogP contribution in [0.5, 0.6) is 5.75 Å². The summed E-state index contributed by atoms with van der Waals surface area (Å²) in [6.07, 6.45) is 2.45. The molecule has 5 nitrogen and oxygen atoms in total. The second kappa shape index (κ2) is 7.89. The van der Waals surface area contributed by atoms with Gasteiger partial charge in [0, 0.05) is 17.0 Å². The maximum Gasteiger partial charge on any atom is 0.341 e. The van der Waals surface area contributed by atoms with Gasteiger partial charge in [-0.15, -0.1) is 11.3 Å². The van der Waals surface area contributed by atoms with Crippen LogP contribution in [0.15, 0.2) is 24.3 Å². The van der Waals surface area contributed by atoms with Crippen molar-refractivity contribution in [3.8, 4) is 16.9 Å². The van der Waals surface area contributed by atoms with Gasteiger partial charge in [-0.2, -0.15) is 0 Å². The minimum Gasteiger partial charge on any atom is -0.497 e. The zero-order valence-electron chi connectivity index (χ0n) is 14.7. The lowest BCUT2D eigenvalue weighted by Gasteiger charge is -2.15. The first-order valence-corrected chi connectivity index (χ1v) is 9.40. The Kier molecular flexibility index (Phi) is 5.60. The molecule has 134 valence electrons. The fourth-order valence-electron chi connectivity index (χ4n) is 3.22. The first-order valence-electron chi connectivity index (χ1n) is 8.59. The van der Waals surface area contributed by atoms with E-state index in [1.807, 2.05) is 24.3 Å². The number of nitrogens with two attached hydrogens (primary N) is 1.